The summed E-state index contributed by atoms with van der Waals surface area (Å²) in [5.74, 6) is 1.54. The summed E-state index contributed by atoms with van der Waals surface area (Å²) in [6, 6.07) is 15.6. The Morgan fingerprint density at radius 3 is 2.65 bits per heavy atom. The van der Waals surface area contributed by atoms with E-state index in [9.17, 15) is 4.79 Å². The molecule has 0 fully saturated rings. The summed E-state index contributed by atoms with van der Waals surface area (Å²) in [7, 11) is 0. The second kappa shape index (κ2) is 8.79. The van der Waals surface area contributed by atoms with E-state index in [1.807, 2.05) is 62.4 Å². The molecule has 162 valence electrons. The van der Waals surface area contributed by atoms with E-state index in [1.54, 1.807) is 5.12 Å². The minimum Gasteiger partial charge on any atom is -0.480 e. The number of rotatable bonds is 7. The van der Waals surface area contributed by atoms with Crippen molar-refractivity contribution in [2.75, 3.05) is 6.54 Å². The molecule has 2 N–H and O–H groups in total. The van der Waals surface area contributed by atoms with E-state index in [0.717, 1.165) is 29.3 Å². The lowest BCUT2D eigenvalue weighted by Crippen LogP contribution is -2.42. The lowest BCUT2D eigenvalue weighted by atomic mass is 10.1. The topological polar surface area (TPSA) is 78.3 Å². The minimum atomic E-state index is -0.249. The van der Waals surface area contributed by atoms with Crippen molar-refractivity contribution < 1.29 is 9.53 Å². The largest absolute Gasteiger partial charge is 0.480 e. The molecule has 0 saturated carbocycles. The first-order chi connectivity index (χ1) is 15.0. The zero-order valence-electron chi connectivity index (χ0n) is 18.4. The standard InChI is InChI=1S/C24H29N5O2/c1-5-20-21(31-18-12-10-15(2)11-13-18)23-26-22(28-29(23)27-20)17(4)14-25-24(30)19-9-7-6-8-16(19)3/h6-13,17,21,23H,5,14H2,1-4H3,(H,25,30)(H,26,28). The number of carbonyl (C=O) groups is 1. The SMILES string of the molecule is CCC1=NN2NC(C(C)CNC(=O)c3ccccc3C)=NC2C1Oc1ccc(C)cc1. The van der Waals surface area contributed by atoms with E-state index in [1.165, 1.54) is 5.56 Å². The molecular weight excluding hydrogens is 390 g/mol. The number of hydrazine groups is 1. The first-order valence-electron chi connectivity index (χ1n) is 10.7. The van der Waals surface area contributed by atoms with Gasteiger partial charge in [0.2, 0.25) is 6.17 Å². The summed E-state index contributed by atoms with van der Waals surface area (Å²) in [5.41, 5.74) is 7.09. The Labute approximate surface area is 183 Å². The van der Waals surface area contributed by atoms with Gasteiger partial charge in [-0.15, -0.1) is 0 Å². The maximum Gasteiger partial charge on any atom is 0.251 e. The Bertz CT molecular complexity index is 1010. The highest BCUT2D eigenvalue weighted by Gasteiger charge is 2.43. The highest BCUT2D eigenvalue weighted by atomic mass is 16.5. The highest BCUT2D eigenvalue weighted by Crippen LogP contribution is 2.27. The van der Waals surface area contributed by atoms with Crippen molar-refractivity contribution in [3.63, 3.8) is 0 Å². The van der Waals surface area contributed by atoms with E-state index in [0.29, 0.717) is 12.1 Å². The number of aliphatic imine (C=N–C) groups is 1. The van der Waals surface area contributed by atoms with Crippen LogP contribution in [-0.2, 0) is 0 Å². The van der Waals surface area contributed by atoms with E-state index in [4.69, 9.17) is 9.73 Å². The van der Waals surface area contributed by atoms with Gasteiger partial charge >= 0.3 is 0 Å². The van der Waals surface area contributed by atoms with Gasteiger partial charge in [0.1, 0.15) is 11.6 Å². The lowest BCUT2D eigenvalue weighted by molar-refractivity contribution is 0.0950. The second-order valence-corrected chi connectivity index (χ2v) is 8.11. The molecule has 0 aromatic heterocycles. The number of nitrogens with one attached hydrogen (secondary N) is 2. The predicted octanol–water partition coefficient (Wildman–Crippen LogP) is 3.44. The Kier molecular flexibility index (Phi) is 5.93. The molecule has 2 aliphatic rings. The average Bonchev–Trinajstić information content (AvgIpc) is 3.32. The first-order valence-corrected chi connectivity index (χ1v) is 10.7. The Morgan fingerprint density at radius 1 is 1.19 bits per heavy atom. The molecule has 3 atom stereocenters. The smallest absolute Gasteiger partial charge is 0.251 e. The fourth-order valence-corrected chi connectivity index (χ4v) is 3.72. The summed E-state index contributed by atoms with van der Waals surface area (Å²) < 4.78 is 6.26. The quantitative estimate of drug-likeness (QED) is 0.721. The number of amidine groups is 1. The van der Waals surface area contributed by atoms with Crippen molar-refractivity contribution in [1.82, 2.24) is 15.9 Å². The van der Waals surface area contributed by atoms with Crippen LogP contribution in [-0.4, -0.2) is 41.4 Å². The number of hydrazone groups is 1. The number of carbonyl (C=O) groups excluding carboxylic acids is 1. The monoisotopic (exact) mass is 419 g/mol. The van der Waals surface area contributed by atoms with Gasteiger partial charge in [0.25, 0.3) is 5.91 Å². The fraction of sp³-hybridized carbons (Fsp3) is 0.375. The molecule has 2 aliphatic heterocycles. The van der Waals surface area contributed by atoms with Crippen LogP contribution < -0.4 is 15.5 Å². The van der Waals surface area contributed by atoms with E-state index in [-0.39, 0.29) is 24.1 Å². The predicted molar refractivity (Wildman–Crippen MR) is 122 cm³/mol. The van der Waals surface area contributed by atoms with Crippen LogP contribution in [0.4, 0.5) is 0 Å². The van der Waals surface area contributed by atoms with Gasteiger partial charge in [0.15, 0.2) is 6.10 Å². The molecule has 4 rings (SSSR count). The Balaban J connectivity index is 1.41. The lowest BCUT2D eigenvalue weighted by Gasteiger charge is -2.20. The van der Waals surface area contributed by atoms with Gasteiger partial charge in [-0.25, -0.2) is 4.99 Å². The number of ether oxygens (including phenoxy) is 1. The molecule has 31 heavy (non-hydrogen) atoms. The van der Waals surface area contributed by atoms with Gasteiger partial charge in [-0.1, -0.05) is 49.7 Å². The van der Waals surface area contributed by atoms with Crippen LogP contribution >= 0.6 is 0 Å². The van der Waals surface area contributed by atoms with Gasteiger partial charge < -0.3 is 10.1 Å². The van der Waals surface area contributed by atoms with Crippen LogP contribution in [0.25, 0.3) is 0 Å². The molecule has 0 bridgehead atoms. The van der Waals surface area contributed by atoms with Crippen molar-refractivity contribution in [3.8, 4) is 5.75 Å². The molecule has 2 aromatic rings. The third kappa shape index (κ3) is 4.40. The van der Waals surface area contributed by atoms with E-state index >= 15 is 0 Å². The van der Waals surface area contributed by atoms with Crippen molar-refractivity contribution in [2.24, 2.45) is 16.0 Å². The molecule has 0 spiro atoms. The Morgan fingerprint density at radius 2 is 1.94 bits per heavy atom. The fourth-order valence-electron chi connectivity index (χ4n) is 3.72. The average molecular weight is 420 g/mol. The number of hydrogen-bond donors (Lipinski definition) is 2. The Hall–Kier alpha value is -3.35. The molecule has 0 saturated heterocycles. The molecule has 0 aliphatic carbocycles. The van der Waals surface area contributed by atoms with Crippen LogP contribution in [0.1, 0.15) is 41.8 Å². The summed E-state index contributed by atoms with van der Waals surface area (Å²) >= 11 is 0. The molecule has 1 amide bonds. The molecule has 2 aromatic carbocycles. The number of fused-ring (bicyclic) bond motifs is 1. The summed E-state index contributed by atoms with van der Waals surface area (Å²) in [5, 5.41) is 9.45. The molecular formula is C24H29N5O2. The van der Waals surface area contributed by atoms with Crippen LogP contribution in [0.2, 0.25) is 0 Å². The maximum absolute atomic E-state index is 12.5. The zero-order valence-corrected chi connectivity index (χ0v) is 18.4. The molecule has 3 unspecified atom stereocenters. The zero-order chi connectivity index (χ0) is 22.0. The third-order valence-electron chi connectivity index (χ3n) is 5.66. The molecule has 7 nitrogen and oxygen atoms in total. The maximum atomic E-state index is 12.5. The van der Waals surface area contributed by atoms with Crippen LogP contribution in [0, 0.1) is 19.8 Å². The van der Waals surface area contributed by atoms with E-state index in [2.05, 4.69) is 29.7 Å². The van der Waals surface area contributed by atoms with Crippen LogP contribution in [0.3, 0.4) is 0 Å². The van der Waals surface area contributed by atoms with Crippen molar-refractivity contribution in [3.05, 3.63) is 65.2 Å². The number of nitrogens with zero attached hydrogens (tertiary/aromatic N) is 3. The summed E-state index contributed by atoms with van der Waals surface area (Å²) in [6.45, 7) is 8.57. The summed E-state index contributed by atoms with van der Waals surface area (Å²) in [6.07, 6.45) is 0.296. The van der Waals surface area contributed by atoms with E-state index < -0.39 is 0 Å². The first kappa shape index (κ1) is 20.9. The summed E-state index contributed by atoms with van der Waals surface area (Å²) in [4.78, 5) is 17.4. The number of benzene rings is 2. The molecule has 7 heteroatoms. The number of hydrogen-bond acceptors (Lipinski definition) is 6. The van der Waals surface area contributed by atoms with Gasteiger partial charge in [-0.05, 0) is 44.0 Å². The number of amides is 1. The highest BCUT2D eigenvalue weighted by molar-refractivity contribution is 5.96. The van der Waals surface area contributed by atoms with Crippen molar-refractivity contribution >= 4 is 17.5 Å². The third-order valence-corrected chi connectivity index (χ3v) is 5.66. The van der Waals surface area contributed by atoms with Crippen molar-refractivity contribution in [1.29, 1.82) is 0 Å². The van der Waals surface area contributed by atoms with Crippen LogP contribution in [0.15, 0.2) is 58.6 Å². The molecule has 2 heterocycles. The second-order valence-electron chi connectivity index (χ2n) is 8.11. The van der Waals surface area contributed by atoms with Gasteiger partial charge in [-0.2, -0.15) is 10.2 Å². The van der Waals surface area contributed by atoms with Crippen molar-refractivity contribution in [2.45, 2.75) is 46.4 Å². The molecule has 0 radical (unpaired) electrons. The normalized spacial score (nSPS) is 20.5. The number of aryl methyl sites for hydroxylation is 2. The van der Waals surface area contributed by atoms with Gasteiger partial charge in [0, 0.05) is 18.0 Å². The van der Waals surface area contributed by atoms with Crippen LogP contribution in [0.5, 0.6) is 5.75 Å². The van der Waals surface area contributed by atoms with Gasteiger partial charge in [0.05, 0.1) is 5.71 Å². The van der Waals surface area contributed by atoms with Gasteiger partial charge in [-0.3, -0.25) is 10.2 Å². The minimum absolute atomic E-state index is 0.0128.